The number of rotatable bonds is 6. The summed E-state index contributed by atoms with van der Waals surface area (Å²) in [4.78, 5) is 25.0. The van der Waals surface area contributed by atoms with Gasteiger partial charge >= 0.3 is 0 Å². The Kier molecular flexibility index (Phi) is 4.98. The zero-order valence-electron chi connectivity index (χ0n) is 14.1. The first-order valence-electron chi connectivity index (χ1n) is 7.96. The number of aromatic nitrogens is 5. The number of carbonyl (C=O) groups excluding carboxylic acids is 1. The van der Waals surface area contributed by atoms with Crippen LogP contribution in [0.3, 0.4) is 0 Å². The van der Waals surface area contributed by atoms with Crippen LogP contribution in [0.15, 0.2) is 42.9 Å². The van der Waals surface area contributed by atoms with Gasteiger partial charge in [-0.25, -0.2) is 9.97 Å². The fraction of sp³-hybridized carbons (Fsp3) is 0.235. The number of hydrogen-bond acceptors (Lipinski definition) is 6. The molecule has 0 aromatic carbocycles. The van der Waals surface area contributed by atoms with Crippen molar-refractivity contribution in [2.24, 2.45) is 7.05 Å². The summed E-state index contributed by atoms with van der Waals surface area (Å²) in [5, 5.41) is 9.88. The van der Waals surface area contributed by atoms with Crippen LogP contribution in [0.25, 0.3) is 11.4 Å². The zero-order valence-corrected chi connectivity index (χ0v) is 14.1. The summed E-state index contributed by atoms with van der Waals surface area (Å²) in [6.07, 6.45) is 5.94. The third-order valence-electron chi connectivity index (χ3n) is 3.49. The fourth-order valence-corrected chi connectivity index (χ4v) is 2.24. The number of amides is 1. The van der Waals surface area contributed by atoms with E-state index in [9.17, 15) is 4.79 Å². The molecule has 0 fully saturated rings. The molecule has 0 aliphatic rings. The second-order valence-corrected chi connectivity index (χ2v) is 5.43. The first-order chi connectivity index (χ1) is 12.1. The molecule has 1 amide bonds. The first kappa shape index (κ1) is 16.6. The van der Waals surface area contributed by atoms with Crippen LogP contribution >= 0.6 is 0 Å². The molecular formula is C17H19N7O. The Morgan fingerprint density at radius 2 is 1.96 bits per heavy atom. The molecule has 8 heteroatoms. The SMILES string of the molecule is CCc1cc(NCC(=O)Nc2ccn(C)n2)nc(-c2ccncc2)n1. The van der Waals surface area contributed by atoms with Gasteiger partial charge in [0.15, 0.2) is 11.6 Å². The topological polar surface area (TPSA) is 97.6 Å². The molecule has 0 aliphatic carbocycles. The normalized spacial score (nSPS) is 10.5. The first-order valence-corrected chi connectivity index (χ1v) is 7.96. The molecule has 0 bridgehead atoms. The minimum atomic E-state index is -0.194. The van der Waals surface area contributed by atoms with Crippen molar-refractivity contribution in [2.75, 3.05) is 17.2 Å². The van der Waals surface area contributed by atoms with Gasteiger partial charge in [-0.2, -0.15) is 5.10 Å². The Balaban J connectivity index is 1.70. The highest BCUT2D eigenvalue weighted by atomic mass is 16.2. The van der Waals surface area contributed by atoms with Crippen LogP contribution in [-0.4, -0.2) is 37.2 Å². The molecule has 2 N–H and O–H groups in total. The van der Waals surface area contributed by atoms with Crippen molar-refractivity contribution in [3.8, 4) is 11.4 Å². The number of anilines is 2. The lowest BCUT2D eigenvalue weighted by atomic mass is 10.2. The van der Waals surface area contributed by atoms with Gasteiger partial charge in [-0.1, -0.05) is 6.92 Å². The Morgan fingerprint density at radius 1 is 1.16 bits per heavy atom. The molecule has 0 atom stereocenters. The van der Waals surface area contributed by atoms with E-state index in [-0.39, 0.29) is 12.5 Å². The van der Waals surface area contributed by atoms with Crippen molar-refractivity contribution in [2.45, 2.75) is 13.3 Å². The number of aryl methyl sites for hydroxylation is 2. The molecule has 0 aliphatic heterocycles. The number of hydrogen-bond donors (Lipinski definition) is 2. The summed E-state index contributed by atoms with van der Waals surface area (Å²) in [5.74, 6) is 1.54. The van der Waals surface area contributed by atoms with E-state index in [4.69, 9.17) is 0 Å². The van der Waals surface area contributed by atoms with E-state index in [1.54, 1.807) is 36.4 Å². The highest BCUT2D eigenvalue weighted by Crippen LogP contribution is 2.17. The summed E-state index contributed by atoms with van der Waals surface area (Å²) in [7, 11) is 1.79. The van der Waals surface area contributed by atoms with Crippen molar-refractivity contribution in [3.63, 3.8) is 0 Å². The van der Waals surface area contributed by atoms with Gasteiger partial charge in [0.1, 0.15) is 5.82 Å². The molecule has 3 heterocycles. The standard InChI is InChI=1S/C17H19N7O/c1-3-13-10-15(22-17(20-13)12-4-7-18-8-5-12)19-11-16(25)21-14-6-9-24(2)23-14/h4-10H,3,11H2,1-2H3,(H,19,20,22)(H,21,23,25). The van der Waals surface area contributed by atoms with Crippen molar-refractivity contribution in [1.82, 2.24) is 24.7 Å². The fourth-order valence-electron chi connectivity index (χ4n) is 2.24. The molecule has 128 valence electrons. The van der Waals surface area contributed by atoms with Crippen molar-refractivity contribution >= 4 is 17.5 Å². The molecule has 3 aromatic rings. The van der Waals surface area contributed by atoms with E-state index < -0.39 is 0 Å². The maximum Gasteiger partial charge on any atom is 0.244 e. The van der Waals surface area contributed by atoms with Gasteiger partial charge in [-0.3, -0.25) is 14.5 Å². The van der Waals surface area contributed by atoms with Crippen LogP contribution in [0.5, 0.6) is 0 Å². The van der Waals surface area contributed by atoms with Gasteiger partial charge < -0.3 is 10.6 Å². The van der Waals surface area contributed by atoms with Crippen LogP contribution in [-0.2, 0) is 18.3 Å². The lowest BCUT2D eigenvalue weighted by Crippen LogP contribution is -2.22. The van der Waals surface area contributed by atoms with Crippen molar-refractivity contribution in [3.05, 3.63) is 48.5 Å². The van der Waals surface area contributed by atoms with Crippen LogP contribution < -0.4 is 10.6 Å². The van der Waals surface area contributed by atoms with Crippen LogP contribution in [0.2, 0.25) is 0 Å². The van der Waals surface area contributed by atoms with Gasteiger partial charge in [0, 0.05) is 49.0 Å². The molecule has 3 aromatic heterocycles. The number of pyridine rings is 1. The van der Waals surface area contributed by atoms with Crippen LogP contribution in [0, 0.1) is 0 Å². The average molecular weight is 337 g/mol. The van der Waals surface area contributed by atoms with Gasteiger partial charge in [0.2, 0.25) is 5.91 Å². The number of nitrogens with zero attached hydrogens (tertiary/aromatic N) is 5. The van der Waals surface area contributed by atoms with E-state index in [1.807, 2.05) is 25.1 Å². The Morgan fingerprint density at radius 3 is 2.64 bits per heavy atom. The minimum Gasteiger partial charge on any atom is -0.361 e. The summed E-state index contributed by atoms with van der Waals surface area (Å²) in [6.45, 7) is 2.11. The molecule has 0 unspecified atom stereocenters. The Hall–Kier alpha value is -3.29. The van der Waals surface area contributed by atoms with E-state index in [0.717, 1.165) is 17.7 Å². The number of carbonyl (C=O) groups is 1. The summed E-state index contributed by atoms with van der Waals surface area (Å²) >= 11 is 0. The quantitative estimate of drug-likeness (QED) is 0.713. The monoisotopic (exact) mass is 337 g/mol. The summed E-state index contributed by atoms with van der Waals surface area (Å²) in [5.41, 5.74) is 1.78. The smallest absolute Gasteiger partial charge is 0.244 e. The molecule has 3 rings (SSSR count). The van der Waals surface area contributed by atoms with Crippen LogP contribution in [0.4, 0.5) is 11.6 Å². The summed E-state index contributed by atoms with van der Waals surface area (Å²) < 4.78 is 1.63. The lowest BCUT2D eigenvalue weighted by molar-refractivity contribution is -0.114. The highest BCUT2D eigenvalue weighted by molar-refractivity contribution is 5.92. The second-order valence-electron chi connectivity index (χ2n) is 5.43. The Labute approximate surface area is 145 Å². The van der Waals surface area contributed by atoms with Gasteiger partial charge in [0.25, 0.3) is 0 Å². The van der Waals surface area contributed by atoms with E-state index in [0.29, 0.717) is 17.5 Å². The zero-order chi connectivity index (χ0) is 17.6. The van der Waals surface area contributed by atoms with Crippen LogP contribution in [0.1, 0.15) is 12.6 Å². The largest absolute Gasteiger partial charge is 0.361 e. The molecule has 25 heavy (non-hydrogen) atoms. The molecule has 0 saturated carbocycles. The van der Waals surface area contributed by atoms with Gasteiger partial charge in [-0.15, -0.1) is 0 Å². The number of nitrogens with one attached hydrogen (secondary N) is 2. The average Bonchev–Trinajstić information content (AvgIpc) is 3.05. The molecule has 0 radical (unpaired) electrons. The molecule has 0 saturated heterocycles. The molecule has 0 spiro atoms. The molecule has 8 nitrogen and oxygen atoms in total. The predicted molar refractivity (Wildman–Crippen MR) is 95.0 cm³/mol. The highest BCUT2D eigenvalue weighted by Gasteiger charge is 2.08. The van der Waals surface area contributed by atoms with E-state index in [2.05, 4.69) is 30.7 Å². The minimum absolute atomic E-state index is 0.0898. The summed E-state index contributed by atoms with van der Waals surface area (Å²) in [6, 6.07) is 7.29. The third kappa shape index (κ3) is 4.37. The second kappa shape index (κ2) is 7.52. The van der Waals surface area contributed by atoms with Gasteiger partial charge in [-0.05, 0) is 18.6 Å². The molecular weight excluding hydrogens is 318 g/mol. The van der Waals surface area contributed by atoms with Crippen molar-refractivity contribution < 1.29 is 4.79 Å². The van der Waals surface area contributed by atoms with Gasteiger partial charge in [0.05, 0.1) is 6.54 Å². The van der Waals surface area contributed by atoms with Crippen molar-refractivity contribution in [1.29, 1.82) is 0 Å². The Bertz CT molecular complexity index is 860. The predicted octanol–water partition coefficient (Wildman–Crippen LogP) is 1.89. The maximum atomic E-state index is 12.0. The van der Waals surface area contributed by atoms with E-state index >= 15 is 0 Å². The third-order valence-corrected chi connectivity index (χ3v) is 3.49. The van der Waals surface area contributed by atoms with E-state index in [1.165, 1.54) is 0 Å². The lowest BCUT2D eigenvalue weighted by Gasteiger charge is -2.09. The maximum absolute atomic E-state index is 12.0.